The van der Waals surface area contributed by atoms with Crippen molar-refractivity contribution in [1.29, 1.82) is 0 Å². The van der Waals surface area contributed by atoms with Gasteiger partial charge in [0.05, 0.1) is 22.9 Å². The number of esters is 1. The Balaban J connectivity index is 2.14. The van der Waals surface area contributed by atoms with Crippen LogP contribution in [0.25, 0.3) is 10.2 Å². The number of fused-ring (bicyclic) bond motifs is 1. The number of rotatable bonds is 4. The Hall–Kier alpha value is -2.99. The van der Waals surface area contributed by atoms with E-state index >= 15 is 0 Å². The number of carbonyl (C=O) groups is 2. The van der Waals surface area contributed by atoms with Crippen molar-refractivity contribution in [2.24, 2.45) is 4.99 Å². The summed E-state index contributed by atoms with van der Waals surface area (Å²) < 4.78 is 7.53. The smallest absolute Gasteiger partial charge is 0.337 e. The molecule has 0 fully saturated rings. The highest BCUT2D eigenvalue weighted by molar-refractivity contribution is 7.16. The van der Waals surface area contributed by atoms with E-state index in [1.165, 1.54) is 18.4 Å². The molecule has 5 nitrogen and oxygen atoms in total. The molecule has 3 aromatic rings. The minimum absolute atomic E-state index is 0.300. The molecule has 1 heterocycles. The molecule has 0 unspecified atom stereocenters. The first-order valence-electron chi connectivity index (χ1n) is 8.02. The monoisotopic (exact) mass is 366 g/mol. The molecule has 0 N–H and O–H groups in total. The van der Waals surface area contributed by atoms with E-state index in [4.69, 9.17) is 4.74 Å². The van der Waals surface area contributed by atoms with Crippen molar-refractivity contribution in [3.8, 4) is 0 Å². The van der Waals surface area contributed by atoms with Gasteiger partial charge >= 0.3 is 5.97 Å². The molecule has 0 aliphatic heterocycles. The molecule has 1 aromatic heterocycles. The summed E-state index contributed by atoms with van der Waals surface area (Å²) in [6.07, 6.45) is 1.75. The van der Waals surface area contributed by atoms with Gasteiger partial charge in [-0.3, -0.25) is 4.79 Å². The zero-order chi connectivity index (χ0) is 18.7. The van der Waals surface area contributed by atoms with Crippen LogP contribution in [0.1, 0.15) is 26.3 Å². The number of ether oxygens (including phenoxy) is 1. The molecule has 26 heavy (non-hydrogen) atoms. The van der Waals surface area contributed by atoms with E-state index in [2.05, 4.69) is 11.6 Å². The lowest BCUT2D eigenvalue weighted by Gasteiger charge is -2.02. The summed E-state index contributed by atoms with van der Waals surface area (Å²) in [6.45, 7) is 6.22. The number of aromatic nitrogens is 1. The van der Waals surface area contributed by atoms with Crippen LogP contribution < -0.4 is 4.80 Å². The second kappa shape index (κ2) is 7.49. The summed E-state index contributed by atoms with van der Waals surface area (Å²) in [6, 6.07) is 12.6. The van der Waals surface area contributed by atoms with Crippen LogP contribution in [0.4, 0.5) is 0 Å². The van der Waals surface area contributed by atoms with Gasteiger partial charge in [-0.25, -0.2) is 4.79 Å². The number of methoxy groups -OCH3 is 1. The SMILES string of the molecule is C=CCn1c(=NC(=O)c2cccc(C)c2)sc2cc(C(=O)OC)ccc21. The number of nitrogens with zero attached hydrogens (tertiary/aromatic N) is 2. The molecule has 2 aromatic carbocycles. The summed E-state index contributed by atoms with van der Waals surface area (Å²) in [7, 11) is 1.35. The summed E-state index contributed by atoms with van der Waals surface area (Å²) in [5.74, 6) is -0.698. The Labute approximate surface area is 154 Å². The van der Waals surface area contributed by atoms with Crippen LogP contribution in [0.15, 0.2) is 60.1 Å². The first-order valence-corrected chi connectivity index (χ1v) is 8.83. The maximum absolute atomic E-state index is 12.5. The van der Waals surface area contributed by atoms with Crippen LogP contribution in [0.5, 0.6) is 0 Å². The van der Waals surface area contributed by atoms with Crippen molar-refractivity contribution in [3.05, 3.63) is 76.6 Å². The third-order valence-corrected chi connectivity index (χ3v) is 4.92. The minimum Gasteiger partial charge on any atom is -0.465 e. The first-order chi connectivity index (χ1) is 12.5. The standard InChI is InChI=1S/C20H18N2O3S/c1-4-10-22-16-9-8-15(19(24)25-3)12-17(16)26-20(22)21-18(23)14-7-5-6-13(2)11-14/h4-9,11-12H,1,10H2,2-3H3. The molecule has 0 spiro atoms. The van der Waals surface area contributed by atoms with E-state index in [1.807, 2.05) is 35.8 Å². The first kappa shape index (κ1) is 17.8. The summed E-state index contributed by atoms with van der Waals surface area (Å²) in [5, 5.41) is 0. The fourth-order valence-corrected chi connectivity index (χ4v) is 3.72. The quantitative estimate of drug-likeness (QED) is 0.522. The van der Waals surface area contributed by atoms with Crippen LogP contribution in [-0.4, -0.2) is 23.6 Å². The van der Waals surface area contributed by atoms with Crippen molar-refractivity contribution in [2.45, 2.75) is 13.5 Å². The summed E-state index contributed by atoms with van der Waals surface area (Å²) in [4.78, 5) is 29.2. The highest BCUT2D eigenvalue weighted by atomic mass is 32.1. The Morgan fingerprint density at radius 1 is 1.23 bits per heavy atom. The van der Waals surface area contributed by atoms with Gasteiger partial charge in [-0.1, -0.05) is 35.1 Å². The van der Waals surface area contributed by atoms with Crippen molar-refractivity contribution in [1.82, 2.24) is 4.57 Å². The van der Waals surface area contributed by atoms with E-state index in [0.717, 1.165) is 15.8 Å². The molecule has 0 atom stereocenters. The molecule has 6 heteroatoms. The lowest BCUT2D eigenvalue weighted by Crippen LogP contribution is -2.16. The molecule has 132 valence electrons. The molecule has 0 bridgehead atoms. The summed E-state index contributed by atoms with van der Waals surface area (Å²) >= 11 is 1.35. The Morgan fingerprint density at radius 2 is 2.04 bits per heavy atom. The van der Waals surface area contributed by atoms with Crippen LogP contribution in [-0.2, 0) is 11.3 Å². The van der Waals surface area contributed by atoms with Gasteiger partial charge in [-0.05, 0) is 37.3 Å². The van der Waals surface area contributed by atoms with Gasteiger partial charge < -0.3 is 9.30 Å². The van der Waals surface area contributed by atoms with Crippen molar-refractivity contribution in [3.63, 3.8) is 0 Å². The van der Waals surface area contributed by atoms with E-state index in [1.54, 1.807) is 24.3 Å². The lowest BCUT2D eigenvalue weighted by molar-refractivity contribution is 0.0601. The van der Waals surface area contributed by atoms with Gasteiger partial charge in [0, 0.05) is 12.1 Å². The predicted octanol–water partition coefficient (Wildman–Crippen LogP) is 3.72. The molecule has 0 saturated heterocycles. The maximum atomic E-state index is 12.5. The lowest BCUT2D eigenvalue weighted by atomic mass is 10.1. The van der Waals surface area contributed by atoms with Gasteiger partial charge in [0.15, 0.2) is 4.80 Å². The van der Waals surface area contributed by atoms with E-state index in [-0.39, 0.29) is 5.91 Å². The van der Waals surface area contributed by atoms with Crippen molar-refractivity contribution < 1.29 is 14.3 Å². The number of hydrogen-bond acceptors (Lipinski definition) is 4. The zero-order valence-electron chi connectivity index (χ0n) is 14.6. The van der Waals surface area contributed by atoms with Gasteiger partial charge in [0.25, 0.3) is 5.91 Å². The number of allylic oxidation sites excluding steroid dienone is 1. The van der Waals surface area contributed by atoms with E-state index in [0.29, 0.717) is 22.5 Å². The number of amides is 1. The molecular formula is C20H18N2O3S. The van der Waals surface area contributed by atoms with Gasteiger partial charge in [-0.2, -0.15) is 4.99 Å². The number of thiazole rings is 1. The number of benzene rings is 2. The van der Waals surface area contributed by atoms with Gasteiger partial charge in [0.2, 0.25) is 0 Å². The van der Waals surface area contributed by atoms with Gasteiger partial charge in [0.1, 0.15) is 0 Å². The number of hydrogen-bond donors (Lipinski definition) is 0. The maximum Gasteiger partial charge on any atom is 0.337 e. The summed E-state index contributed by atoms with van der Waals surface area (Å²) in [5.41, 5.74) is 2.90. The Morgan fingerprint density at radius 3 is 2.73 bits per heavy atom. The normalized spacial score (nSPS) is 11.5. The topological polar surface area (TPSA) is 60.7 Å². The second-order valence-corrected chi connectivity index (χ2v) is 6.75. The van der Waals surface area contributed by atoms with E-state index in [9.17, 15) is 9.59 Å². The molecule has 0 radical (unpaired) electrons. The van der Waals surface area contributed by atoms with Crippen molar-refractivity contribution in [2.75, 3.05) is 7.11 Å². The largest absolute Gasteiger partial charge is 0.465 e. The highest BCUT2D eigenvalue weighted by Crippen LogP contribution is 2.20. The molecule has 0 saturated carbocycles. The predicted molar refractivity (Wildman–Crippen MR) is 102 cm³/mol. The highest BCUT2D eigenvalue weighted by Gasteiger charge is 2.12. The van der Waals surface area contributed by atoms with Crippen LogP contribution >= 0.6 is 11.3 Å². The fourth-order valence-electron chi connectivity index (χ4n) is 2.64. The average molecular weight is 366 g/mol. The van der Waals surface area contributed by atoms with Gasteiger partial charge in [-0.15, -0.1) is 6.58 Å². The third-order valence-electron chi connectivity index (χ3n) is 3.88. The number of aryl methyl sites for hydroxylation is 1. The zero-order valence-corrected chi connectivity index (χ0v) is 15.4. The van der Waals surface area contributed by atoms with Crippen molar-refractivity contribution >= 4 is 33.4 Å². The molecule has 0 aliphatic rings. The van der Waals surface area contributed by atoms with E-state index < -0.39 is 5.97 Å². The minimum atomic E-state index is -0.398. The average Bonchev–Trinajstić information content (AvgIpc) is 2.97. The molecule has 3 rings (SSSR count). The fraction of sp³-hybridized carbons (Fsp3) is 0.150. The van der Waals surface area contributed by atoms with Crippen LogP contribution in [0.2, 0.25) is 0 Å². The molecular weight excluding hydrogens is 348 g/mol. The molecule has 0 aliphatic carbocycles. The second-order valence-electron chi connectivity index (χ2n) is 5.74. The third kappa shape index (κ3) is 3.50. The Bertz CT molecular complexity index is 1080. The number of carbonyl (C=O) groups excluding carboxylic acids is 2. The van der Waals surface area contributed by atoms with Crippen LogP contribution in [0.3, 0.4) is 0 Å². The Kier molecular flexibility index (Phi) is 5.14. The molecule has 1 amide bonds. The van der Waals surface area contributed by atoms with Crippen LogP contribution in [0, 0.1) is 6.92 Å².